The molecule has 0 heterocycles. The van der Waals surface area contributed by atoms with Gasteiger partial charge in [-0.15, -0.1) is 0 Å². The maximum absolute atomic E-state index is 9.47. The van der Waals surface area contributed by atoms with Crippen molar-refractivity contribution in [2.75, 3.05) is 0 Å². The van der Waals surface area contributed by atoms with E-state index in [2.05, 4.69) is 44.2 Å². The highest BCUT2D eigenvalue weighted by molar-refractivity contribution is 5.54. The summed E-state index contributed by atoms with van der Waals surface area (Å²) < 4.78 is 0. The van der Waals surface area contributed by atoms with Gasteiger partial charge in [-0.1, -0.05) is 30.7 Å². The van der Waals surface area contributed by atoms with Crippen molar-refractivity contribution < 1.29 is 0 Å². The predicted molar refractivity (Wildman–Crippen MR) is 96.6 cm³/mol. The standard InChI is InChI=1S/C22H24N2/c1-15-3-9-21(19(11-15)13-23)17-5-7-18(8-6-17)22-10-4-16(2)12-20(22)14-24/h5,7,9,12,15,19H,3-4,6,8,10-11H2,1-2H3. The summed E-state index contributed by atoms with van der Waals surface area (Å²) in [6, 6.07) is 4.85. The van der Waals surface area contributed by atoms with Crippen LogP contribution in [0.25, 0.3) is 0 Å². The number of nitrogens with zero attached hydrogens (tertiary/aromatic N) is 2. The van der Waals surface area contributed by atoms with Crippen LogP contribution in [0.1, 0.15) is 52.4 Å². The molecule has 0 bridgehead atoms. The third kappa shape index (κ3) is 3.29. The minimum atomic E-state index is 0.0455. The zero-order chi connectivity index (χ0) is 17.1. The van der Waals surface area contributed by atoms with Crippen molar-refractivity contribution in [3.05, 3.63) is 57.7 Å². The normalized spacial score (nSPS) is 27.3. The van der Waals surface area contributed by atoms with E-state index in [0.29, 0.717) is 5.92 Å². The molecule has 2 unspecified atom stereocenters. The molecule has 2 nitrogen and oxygen atoms in total. The van der Waals surface area contributed by atoms with Gasteiger partial charge in [0.05, 0.1) is 23.6 Å². The van der Waals surface area contributed by atoms with Crippen molar-refractivity contribution in [3.8, 4) is 12.1 Å². The molecule has 0 amide bonds. The lowest BCUT2D eigenvalue weighted by atomic mass is 9.76. The molecule has 0 fully saturated rings. The van der Waals surface area contributed by atoms with Gasteiger partial charge in [0.15, 0.2) is 0 Å². The Morgan fingerprint density at radius 1 is 1.04 bits per heavy atom. The summed E-state index contributed by atoms with van der Waals surface area (Å²) in [5.74, 6) is 0.651. The van der Waals surface area contributed by atoms with Gasteiger partial charge in [-0.25, -0.2) is 0 Å². The molecule has 24 heavy (non-hydrogen) atoms. The summed E-state index contributed by atoms with van der Waals surface area (Å²) in [6.45, 7) is 4.32. The summed E-state index contributed by atoms with van der Waals surface area (Å²) in [5.41, 5.74) is 7.22. The molecule has 3 rings (SSSR count). The molecule has 2 heteroatoms. The summed E-state index contributed by atoms with van der Waals surface area (Å²) in [4.78, 5) is 0. The number of nitriles is 2. The lowest BCUT2D eigenvalue weighted by Gasteiger charge is -2.27. The summed E-state index contributed by atoms with van der Waals surface area (Å²) in [6.07, 6.45) is 14.7. The van der Waals surface area contributed by atoms with Crippen LogP contribution in [-0.2, 0) is 0 Å². The Morgan fingerprint density at radius 3 is 2.46 bits per heavy atom. The summed E-state index contributed by atoms with van der Waals surface area (Å²) >= 11 is 0. The highest BCUT2D eigenvalue weighted by Crippen LogP contribution is 2.39. The van der Waals surface area contributed by atoms with Gasteiger partial charge in [0.2, 0.25) is 0 Å². The van der Waals surface area contributed by atoms with Gasteiger partial charge in [0, 0.05) is 0 Å². The molecule has 2 atom stereocenters. The fraction of sp³-hybridized carbons (Fsp3) is 0.455. The molecule has 0 saturated heterocycles. The lowest BCUT2D eigenvalue weighted by molar-refractivity contribution is 0.463. The van der Waals surface area contributed by atoms with Gasteiger partial charge in [0.25, 0.3) is 0 Å². The molecule has 3 aliphatic rings. The Balaban J connectivity index is 1.88. The molecule has 0 spiro atoms. The molecular formula is C22H24N2. The van der Waals surface area contributed by atoms with Crippen molar-refractivity contribution in [2.24, 2.45) is 11.8 Å². The van der Waals surface area contributed by atoms with E-state index < -0.39 is 0 Å². The first-order valence-electron chi connectivity index (χ1n) is 8.93. The Kier molecular flexibility index (Phi) is 4.86. The molecule has 0 N–H and O–H groups in total. The third-order valence-corrected chi connectivity index (χ3v) is 5.42. The van der Waals surface area contributed by atoms with Crippen molar-refractivity contribution in [2.45, 2.75) is 52.4 Å². The van der Waals surface area contributed by atoms with Crippen LogP contribution in [0.4, 0.5) is 0 Å². The number of hydrogen-bond acceptors (Lipinski definition) is 2. The second-order valence-electron chi connectivity index (χ2n) is 7.30. The monoisotopic (exact) mass is 316 g/mol. The maximum atomic E-state index is 9.47. The minimum absolute atomic E-state index is 0.0455. The van der Waals surface area contributed by atoms with Crippen LogP contribution in [0.3, 0.4) is 0 Å². The molecule has 0 aromatic rings. The van der Waals surface area contributed by atoms with Crippen LogP contribution in [0, 0.1) is 34.5 Å². The van der Waals surface area contributed by atoms with Gasteiger partial charge < -0.3 is 0 Å². The van der Waals surface area contributed by atoms with Crippen LogP contribution in [-0.4, -0.2) is 0 Å². The second-order valence-corrected chi connectivity index (χ2v) is 7.30. The van der Waals surface area contributed by atoms with E-state index in [-0.39, 0.29) is 5.92 Å². The van der Waals surface area contributed by atoms with Crippen LogP contribution in [0.5, 0.6) is 0 Å². The Bertz CT molecular complexity index is 772. The van der Waals surface area contributed by atoms with Crippen LogP contribution in [0.15, 0.2) is 57.7 Å². The van der Waals surface area contributed by atoms with Gasteiger partial charge in [-0.3, -0.25) is 0 Å². The lowest BCUT2D eigenvalue weighted by Crippen LogP contribution is -2.15. The first-order valence-corrected chi connectivity index (χ1v) is 8.93. The highest BCUT2D eigenvalue weighted by Gasteiger charge is 2.25. The number of allylic oxidation sites excluding steroid dienone is 10. The van der Waals surface area contributed by atoms with E-state index in [9.17, 15) is 10.5 Å². The molecular weight excluding hydrogens is 292 g/mol. The van der Waals surface area contributed by atoms with E-state index >= 15 is 0 Å². The Morgan fingerprint density at radius 2 is 1.79 bits per heavy atom. The van der Waals surface area contributed by atoms with E-state index in [1.54, 1.807) is 0 Å². The van der Waals surface area contributed by atoms with Gasteiger partial charge in [0.1, 0.15) is 0 Å². The van der Waals surface area contributed by atoms with Crippen molar-refractivity contribution >= 4 is 0 Å². The second kappa shape index (κ2) is 7.06. The zero-order valence-corrected chi connectivity index (χ0v) is 14.6. The van der Waals surface area contributed by atoms with E-state index in [1.807, 2.05) is 6.08 Å². The smallest absolute Gasteiger partial charge is 0.0994 e. The largest absolute Gasteiger partial charge is 0.198 e. The van der Waals surface area contributed by atoms with Crippen LogP contribution in [0.2, 0.25) is 0 Å². The number of rotatable bonds is 2. The van der Waals surface area contributed by atoms with Gasteiger partial charge in [-0.2, -0.15) is 10.5 Å². The average Bonchev–Trinajstić information content (AvgIpc) is 2.61. The van der Waals surface area contributed by atoms with Gasteiger partial charge >= 0.3 is 0 Å². The fourth-order valence-corrected chi connectivity index (χ4v) is 4.00. The third-order valence-electron chi connectivity index (χ3n) is 5.42. The SMILES string of the molecule is CC1=CC(C#N)=C(C2=CC=C(C3=CCC(C)CC3C#N)CC2)CC1. The average molecular weight is 316 g/mol. The van der Waals surface area contributed by atoms with E-state index in [4.69, 9.17) is 0 Å². The molecule has 0 radical (unpaired) electrons. The summed E-state index contributed by atoms with van der Waals surface area (Å²) in [7, 11) is 0. The Hall–Kier alpha value is -2.32. The van der Waals surface area contributed by atoms with Gasteiger partial charge in [-0.05, 0) is 79.7 Å². The van der Waals surface area contributed by atoms with Crippen molar-refractivity contribution in [1.29, 1.82) is 10.5 Å². The molecule has 0 aromatic heterocycles. The first kappa shape index (κ1) is 16.5. The molecule has 3 aliphatic carbocycles. The quantitative estimate of drug-likeness (QED) is 0.657. The zero-order valence-electron chi connectivity index (χ0n) is 14.6. The van der Waals surface area contributed by atoms with Crippen LogP contribution >= 0.6 is 0 Å². The van der Waals surface area contributed by atoms with Crippen molar-refractivity contribution in [1.82, 2.24) is 0 Å². The van der Waals surface area contributed by atoms with Crippen LogP contribution < -0.4 is 0 Å². The van der Waals surface area contributed by atoms with Crippen molar-refractivity contribution in [3.63, 3.8) is 0 Å². The number of hydrogen-bond donors (Lipinski definition) is 0. The van der Waals surface area contributed by atoms with E-state index in [0.717, 1.165) is 44.1 Å². The summed E-state index contributed by atoms with van der Waals surface area (Å²) in [5, 5.41) is 18.9. The first-order chi connectivity index (χ1) is 11.6. The fourth-order valence-electron chi connectivity index (χ4n) is 4.00. The van der Waals surface area contributed by atoms with E-state index in [1.165, 1.54) is 27.9 Å². The maximum Gasteiger partial charge on any atom is 0.0994 e. The topological polar surface area (TPSA) is 47.6 Å². The highest BCUT2D eigenvalue weighted by atomic mass is 14.3. The minimum Gasteiger partial charge on any atom is -0.198 e. The molecule has 0 aromatic carbocycles. The molecule has 0 saturated carbocycles. The predicted octanol–water partition coefficient (Wildman–Crippen LogP) is 5.69. The Labute approximate surface area is 145 Å². The molecule has 122 valence electrons. The molecule has 0 aliphatic heterocycles.